The number of carbonyl (C=O) groups is 2. The van der Waals surface area contributed by atoms with Gasteiger partial charge in [0, 0.05) is 18.9 Å². The fourth-order valence-electron chi connectivity index (χ4n) is 3.17. The Morgan fingerprint density at radius 2 is 2.17 bits per heavy atom. The van der Waals surface area contributed by atoms with E-state index in [4.69, 9.17) is 9.47 Å². The lowest BCUT2D eigenvalue weighted by molar-refractivity contribution is -0.143. The standard InChI is InChI=1S/C17H21NO5/c1-10-8-13(5-6-22-10)16(19)18-15(17(20)21)12-2-3-14-11(9-12)4-7-23-14/h2-3,9-10,13,15H,4-8H2,1H3,(H,18,19)(H,20,21)/t10-,13-,15-/m1/s1. The lowest BCUT2D eigenvalue weighted by Gasteiger charge is -2.27. The molecule has 3 atom stereocenters. The van der Waals surface area contributed by atoms with Gasteiger partial charge in [-0.1, -0.05) is 6.07 Å². The van der Waals surface area contributed by atoms with E-state index < -0.39 is 12.0 Å². The fourth-order valence-corrected chi connectivity index (χ4v) is 3.17. The predicted molar refractivity (Wildman–Crippen MR) is 82.3 cm³/mol. The molecule has 23 heavy (non-hydrogen) atoms. The van der Waals surface area contributed by atoms with Crippen LogP contribution in [0.5, 0.6) is 5.75 Å². The number of carboxylic acids is 1. The summed E-state index contributed by atoms with van der Waals surface area (Å²) in [4.78, 5) is 24.0. The molecule has 2 aliphatic heterocycles. The molecule has 6 heteroatoms. The molecule has 0 unspecified atom stereocenters. The van der Waals surface area contributed by atoms with Crippen molar-refractivity contribution in [2.45, 2.75) is 38.3 Å². The highest BCUT2D eigenvalue weighted by Gasteiger charge is 2.30. The molecule has 6 nitrogen and oxygen atoms in total. The summed E-state index contributed by atoms with van der Waals surface area (Å²) in [5, 5.41) is 12.2. The van der Waals surface area contributed by atoms with Crippen molar-refractivity contribution in [2.24, 2.45) is 5.92 Å². The third-order valence-electron chi connectivity index (χ3n) is 4.44. The number of hydrogen-bond acceptors (Lipinski definition) is 4. The van der Waals surface area contributed by atoms with E-state index in [9.17, 15) is 14.7 Å². The smallest absolute Gasteiger partial charge is 0.330 e. The van der Waals surface area contributed by atoms with E-state index >= 15 is 0 Å². The van der Waals surface area contributed by atoms with Crippen molar-refractivity contribution < 1.29 is 24.2 Å². The zero-order valence-corrected chi connectivity index (χ0v) is 13.1. The van der Waals surface area contributed by atoms with Gasteiger partial charge in [-0.15, -0.1) is 0 Å². The Morgan fingerprint density at radius 1 is 1.35 bits per heavy atom. The molecule has 2 heterocycles. The number of aliphatic carboxylic acids is 1. The second-order valence-electron chi connectivity index (χ2n) is 6.15. The van der Waals surface area contributed by atoms with Crippen LogP contribution in [-0.2, 0) is 20.7 Å². The number of hydrogen-bond donors (Lipinski definition) is 2. The minimum absolute atomic E-state index is 0.0277. The van der Waals surface area contributed by atoms with Gasteiger partial charge < -0.3 is 19.9 Å². The van der Waals surface area contributed by atoms with Crippen LogP contribution in [0.2, 0.25) is 0 Å². The van der Waals surface area contributed by atoms with Gasteiger partial charge in [0.15, 0.2) is 6.04 Å². The zero-order valence-electron chi connectivity index (χ0n) is 13.1. The number of benzene rings is 1. The third-order valence-corrected chi connectivity index (χ3v) is 4.44. The molecule has 0 aliphatic carbocycles. The van der Waals surface area contributed by atoms with E-state index in [1.54, 1.807) is 12.1 Å². The van der Waals surface area contributed by atoms with Crippen molar-refractivity contribution in [3.05, 3.63) is 29.3 Å². The second kappa shape index (κ2) is 6.58. The number of rotatable bonds is 4. The van der Waals surface area contributed by atoms with Crippen LogP contribution in [0.4, 0.5) is 0 Å². The lowest BCUT2D eigenvalue weighted by Crippen LogP contribution is -2.40. The summed E-state index contributed by atoms with van der Waals surface area (Å²) in [6.07, 6.45) is 2.04. The number of carbonyl (C=O) groups excluding carboxylic acids is 1. The van der Waals surface area contributed by atoms with Crippen LogP contribution in [0.25, 0.3) is 0 Å². The van der Waals surface area contributed by atoms with Gasteiger partial charge in [-0.05, 0) is 43.0 Å². The molecule has 0 aromatic heterocycles. The van der Waals surface area contributed by atoms with Crippen molar-refractivity contribution in [1.82, 2.24) is 5.32 Å². The van der Waals surface area contributed by atoms with Crippen LogP contribution in [0.3, 0.4) is 0 Å². The van der Waals surface area contributed by atoms with Crippen molar-refractivity contribution in [2.75, 3.05) is 13.2 Å². The van der Waals surface area contributed by atoms with E-state index in [2.05, 4.69) is 5.32 Å². The predicted octanol–water partition coefficient (Wildman–Crippen LogP) is 1.68. The van der Waals surface area contributed by atoms with Gasteiger partial charge in [-0.2, -0.15) is 0 Å². The molecule has 1 aromatic rings. The minimum atomic E-state index is -1.06. The molecule has 1 fully saturated rings. The first-order valence-corrected chi connectivity index (χ1v) is 7.95. The lowest BCUT2D eigenvalue weighted by atomic mass is 9.94. The number of fused-ring (bicyclic) bond motifs is 1. The van der Waals surface area contributed by atoms with Gasteiger partial charge in [-0.25, -0.2) is 4.79 Å². The number of ether oxygens (including phenoxy) is 2. The van der Waals surface area contributed by atoms with Gasteiger partial charge in [0.05, 0.1) is 12.7 Å². The van der Waals surface area contributed by atoms with Crippen LogP contribution in [0, 0.1) is 5.92 Å². The molecule has 0 saturated carbocycles. The average Bonchev–Trinajstić information content (AvgIpc) is 2.99. The van der Waals surface area contributed by atoms with E-state index in [-0.39, 0.29) is 17.9 Å². The fraction of sp³-hybridized carbons (Fsp3) is 0.529. The summed E-state index contributed by atoms with van der Waals surface area (Å²) in [6.45, 7) is 3.07. The Bertz CT molecular complexity index is 615. The Balaban J connectivity index is 1.74. The largest absolute Gasteiger partial charge is 0.493 e. The molecule has 0 spiro atoms. The van der Waals surface area contributed by atoms with Crippen LogP contribution in [0.1, 0.15) is 36.9 Å². The molecule has 0 bridgehead atoms. The molecule has 1 amide bonds. The Hall–Kier alpha value is -2.08. The zero-order chi connectivity index (χ0) is 16.4. The first-order chi connectivity index (χ1) is 11.0. The highest BCUT2D eigenvalue weighted by atomic mass is 16.5. The maximum atomic E-state index is 12.4. The average molecular weight is 319 g/mol. The summed E-state index contributed by atoms with van der Waals surface area (Å²) >= 11 is 0. The summed E-state index contributed by atoms with van der Waals surface area (Å²) in [7, 11) is 0. The summed E-state index contributed by atoms with van der Waals surface area (Å²) in [5.41, 5.74) is 1.57. The molecule has 0 radical (unpaired) electrons. The topological polar surface area (TPSA) is 84.9 Å². The van der Waals surface area contributed by atoms with Crippen LogP contribution >= 0.6 is 0 Å². The van der Waals surface area contributed by atoms with Crippen LogP contribution in [-0.4, -0.2) is 36.3 Å². The minimum Gasteiger partial charge on any atom is -0.493 e. The molecule has 2 aliphatic rings. The van der Waals surface area contributed by atoms with Gasteiger partial charge in [0.25, 0.3) is 0 Å². The molecule has 124 valence electrons. The molecule has 1 aromatic carbocycles. The first kappa shape index (κ1) is 15.8. The summed E-state index contributed by atoms with van der Waals surface area (Å²) in [6, 6.07) is 4.26. The van der Waals surface area contributed by atoms with Crippen molar-refractivity contribution in [1.29, 1.82) is 0 Å². The maximum Gasteiger partial charge on any atom is 0.330 e. The molecule has 1 saturated heterocycles. The Labute approximate surface area is 134 Å². The van der Waals surface area contributed by atoms with Gasteiger partial charge in [-0.3, -0.25) is 4.79 Å². The molecular weight excluding hydrogens is 298 g/mol. The summed E-state index contributed by atoms with van der Waals surface area (Å²) < 4.78 is 10.9. The van der Waals surface area contributed by atoms with Crippen LogP contribution in [0.15, 0.2) is 18.2 Å². The number of amides is 1. The van der Waals surface area contributed by atoms with Crippen molar-refractivity contribution >= 4 is 11.9 Å². The monoisotopic (exact) mass is 319 g/mol. The van der Waals surface area contributed by atoms with E-state index in [1.165, 1.54) is 0 Å². The van der Waals surface area contributed by atoms with E-state index in [0.717, 1.165) is 17.7 Å². The quantitative estimate of drug-likeness (QED) is 0.882. The van der Waals surface area contributed by atoms with Gasteiger partial charge in [0.2, 0.25) is 5.91 Å². The molecule has 2 N–H and O–H groups in total. The number of nitrogens with one attached hydrogen (secondary N) is 1. The second-order valence-corrected chi connectivity index (χ2v) is 6.15. The van der Waals surface area contributed by atoms with Gasteiger partial charge >= 0.3 is 5.97 Å². The van der Waals surface area contributed by atoms with Gasteiger partial charge in [0.1, 0.15) is 5.75 Å². The SMILES string of the molecule is C[C@@H]1C[C@H](C(=O)N[C@@H](C(=O)O)c2ccc3c(c2)CCO3)CCO1. The highest BCUT2D eigenvalue weighted by Crippen LogP contribution is 2.29. The molecular formula is C17H21NO5. The van der Waals surface area contributed by atoms with E-state index in [1.807, 2.05) is 13.0 Å². The third kappa shape index (κ3) is 3.47. The summed E-state index contributed by atoms with van der Waals surface area (Å²) in [5.74, 6) is -0.678. The number of carboxylic acid groups (broad SMARTS) is 1. The van der Waals surface area contributed by atoms with Crippen molar-refractivity contribution in [3.63, 3.8) is 0 Å². The first-order valence-electron chi connectivity index (χ1n) is 7.95. The van der Waals surface area contributed by atoms with E-state index in [0.29, 0.717) is 31.6 Å². The Kier molecular flexibility index (Phi) is 4.52. The normalized spacial score (nSPS) is 24.4. The van der Waals surface area contributed by atoms with Crippen LogP contribution < -0.4 is 10.1 Å². The molecule has 3 rings (SSSR count). The maximum absolute atomic E-state index is 12.4. The Morgan fingerprint density at radius 3 is 2.91 bits per heavy atom. The van der Waals surface area contributed by atoms with Crippen molar-refractivity contribution in [3.8, 4) is 5.75 Å². The highest BCUT2D eigenvalue weighted by molar-refractivity contribution is 5.86.